The minimum absolute atomic E-state index is 0.0702. The van der Waals surface area contributed by atoms with Crippen LogP contribution in [-0.4, -0.2) is 19.8 Å². The van der Waals surface area contributed by atoms with Gasteiger partial charge in [-0.1, -0.05) is 31.4 Å². The maximum Gasteiger partial charge on any atom is 0.165 e. The van der Waals surface area contributed by atoms with Gasteiger partial charge in [-0.3, -0.25) is 0 Å². The van der Waals surface area contributed by atoms with E-state index in [-0.39, 0.29) is 5.41 Å². The topological polar surface area (TPSA) is 44.5 Å². The highest BCUT2D eigenvalue weighted by molar-refractivity contribution is 5.51. The summed E-state index contributed by atoms with van der Waals surface area (Å²) in [4.78, 5) is 0. The van der Waals surface area contributed by atoms with Gasteiger partial charge in [0.2, 0.25) is 0 Å². The molecule has 0 spiro atoms. The molecule has 2 aliphatic rings. The fourth-order valence-electron chi connectivity index (χ4n) is 4.20. The van der Waals surface area contributed by atoms with Gasteiger partial charge in [0, 0.05) is 17.5 Å². The molecule has 0 saturated heterocycles. The van der Waals surface area contributed by atoms with Gasteiger partial charge in [0.15, 0.2) is 11.5 Å². The molecule has 122 valence electrons. The summed E-state index contributed by atoms with van der Waals surface area (Å²) < 4.78 is 12.0. The summed E-state index contributed by atoms with van der Waals surface area (Å²) >= 11 is 0. The van der Waals surface area contributed by atoms with E-state index >= 15 is 0 Å². The molecule has 0 bridgehead atoms. The average Bonchev–Trinajstić information content (AvgIpc) is 3.09. The Morgan fingerprint density at radius 2 is 1.82 bits per heavy atom. The van der Waals surface area contributed by atoms with Gasteiger partial charge in [-0.25, -0.2) is 0 Å². The molecule has 0 heterocycles. The van der Waals surface area contributed by atoms with Gasteiger partial charge in [-0.15, -0.1) is 0 Å². The Morgan fingerprint density at radius 1 is 1.09 bits per heavy atom. The number of para-hydroxylation sites is 1. The van der Waals surface area contributed by atoms with E-state index < -0.39 is 0 Å². The molecule has 0 atom stereocenters. The molecule has 22 heavy (non-hydrogen) atoms. The highest BCUT2D eigenvalue weighted by Crippen LogP contribution is 2.46. The summed E-state index contributed by atoms with van der Waals surface area (Å²) in [7, 11) is 1.73. The SMILES string of the molecule is COc1cccc(C2(CN)CCCCC2)c1OC1CCCC1. The van der Waals surface area contributed by atoms with E-state index in [0.717, 1.165) is 37.2 Å². The van der Waals surface area contributed by atoms with Gasteiger partial charge in [0.25, 0.3) is 0 Å². The minimum Gasteiger partial charge on any atom is -0.493 e. The number of benzene rings is 1. The standard InChI is InChI=1S/C19H29NO2/c1-21-17-11-7-10-16(18(17)22-15-8-3-4-9-15)19(14-20)12-5-2-6-13-19/h7,10-11,15H,2-6,8-9,12-14,20H2,1H3. The van der Waals surface area contributed by atoms with Crippen LogP contribution in [-0.2, 0) is 5.41 Å². The lowest BCUT2D eigenvalue weighted by atomic mass is 9.69. The summed E-state index contributed by atoms with van der Waals surface area (Å²) in [5.74, 6) is 1.83. The van der Waals surface area contributed by atoms with Crippen molar-refractivity contribution in [1.82, 2.24) is 0 Å². The van der Waals surface area contributed by atoms with Crippen LogP contribution in [0.2, 0.25) is 0 Å². The van der Waals surface area contributed by atoms with Gasteiger partial charge < -0.3 is 15.2 Å². The summed E-state index contributed by atoms with van der Waals surface area (Å²) in [5.41, 5.74) is 7.59. The number of hydrogen-bond donors (Lipinski definition) is 1. The summed E-state index contributed by atoms with van der Waals surface area (Å²) in [6.07, 6.45) is 11.4. The zero-order chi connectivity index (χ0) is 15.4. The largest absolute Gasteiger partial charge is 0.493 e. The first-order valence-electron chi connectivity index (χ1n) is 8.83. The van der Waals surface area contributed by atoms with Crippen LogP contribution in [0.5, 0.6) is 11.5 Å². The number of nitrogens with two attached hydrogens (primary N) is 1. The van der Waals surface area contributed by atoms with E-state index in [2.05, 4.69) is 12.1 Å². The van der Waals surface area contributed by atoms with Gasteiger partial charge in [0.1, 0.15) is 0 Å². The highest BCUT2D eigenvalue weighted by Gasteiger charge is 2.36. The van der Waals surface area contributed by atoms with Crippen LogP contribution in [0.15, 0.2) is 18.2 Å². The Labute approximate surface area is 134 Å². The van der Waals surface area contributed by atoms with Crippen LogP contribution in [0.3, 0.4) is 0 Å². The maximum atomic E-state index is 6.43. The molecule has 0 aromatic heterocycles. The lowest BCUT2D eigenvalue weighted by Gasteiger charge is -2.38. The van der Waals surface area contributed by atoms with E-state index in [1.54, 1.807) is 7.11 Å². The van der Waals surface area contributed by atoms with E-state index in [1.807, 2.05) is 6.07 Å². The molecule has 0 amide bonds. The normalized spacial score (nSPS) is 21.7. The van der Waals surface area contributed by atoms with E-state index in [1.165, 1.54) is 37.7 Å². The van der Waals surface area contributed by atoms with Crippen molar-refractivity contribution in [2.24, 2.45) is 5.73 Å². The molecule has 0 radical (unpaired) electrons. The predicted octanol–water partition coefficient (Wildman–Crippen LogP) is 4.18. The van der Waals surface area contributed by atoms with Crippen LogP contribution in [0, 0.1) is 0 Å². The van der Waals surface area contributed by atoms with Crippen molar-refractivity contribution in [3.05, 3.63) is 23.8 Å². The molecule has 3 heteroatoms. The van der Waals surface area contributed by atoms with Crippen molar-refractivity contribution < 1.29 is 9.47 Å². The third-order valence-corrected chi connectivity index (χ3v) is 5.56. The van der Waals surface area contributed by atoms with Gasteiger partial charge >= 0.3 is 0 Å². The van der Waals surface area contributed by atoms with Crippen LogP contribution in [0.25, 0.3) is 0 Å². The van der Waals surface area contributed by atoms with Crippen LogP contribution < -0.4 is 15.2 Å². The molecule has 2 aliphatic carbocycles. The van der Waals surface area contributed by atoms with Crippen molar-refractivity contribution in [2.45, 2.75) is 69.3 Å². The van der Waals surface area contributed by atoms with Crippen LogP contribution >= 0.6 is 0 Å². The zero-order valence-electron chi connectivity index (χ0n) is 13.8. The lowest BCUT2D eigenvalue weighted by molar-refractivity contribution is 0.189. The Morgan fingerprint density at radius 3 is 2.45 bits per heavy atom. The molecule has 1 aromatic carbocycles. The van der Waals surface area contributed by atoms with E-state index in [0.29, 0.717) is 12.6 Å². The van der Waals surface area contributed by atoms with E-state index in [4.69, 9.17) is 15.2 Å². The molecule has 0 unspecified atom stereocenters. The van der Waals surface area contributed by atoms with E-state index in [9.17, 15) is 0 Å². The molecule has 3 nitrogen and oxygen atoms in total. The van der Waals surface area contributed by atoms with Gasteiger partial charge in [-0.05, 0) is 44.6 Å². The smallest absolute Gasteiger partial charge is 0.165 e. The minimum atomic E-state index is 0.0702. The lowest BCUT2D eigenvalue weighted by Crippen LogP contribution is -2.37. The monoisotopic (exact) mass is 303 g/mol. The summed E-state index contributed by atoms with van der Waals surface area (Å²) in [5, 5.41) is 0. The Bertz CT molecular complexity index is 488. The molecule has 2 fully saturated rings. The molecule has 2 saturated carbocycles. The summed E-state index contributed by atoms with van der Waals surface area (Å²) in [6.45, 7) is 0.696. The zero-order valence-corrected chi connectivity index (χ0v) is 13.8. The van der Waals surface area contributed by atoms with Crippen molar-refractivity contribution in [2.75, 3.05) is 13.7 Å². The number of hydrogen-bond acceptors (Lipinski definition) is 3. The predicted molar refractivity (Wildman–Crippen MR) is 89.7 cm³/mol. The fourth-order valence-corrected chi connectivity index (χ4v) is 4.20. The van der Waals surface area contributed by atoms with Gasteiger partial charge in [0.05, 0.1) is 13.2 Å². The molecular weight excluding hydrogens is 274 g/mol. The van der Waals surface area contributed by atoms with Crippen LogP contribution in [0.1, 0.15) is 63.4 Å². The summed E-state index contributed by atoms with van der Waals surface area (Å²) in [6, 6.07) is 6.31. The maximum absolute atomic E-state index is 6.43. The van der Waals surface area contributed by atoms with Crippen molar-refractivity contribution in [1.29, 1.82) is 0 Å². The Hall–Kier alpha value is -1.22. The number of rotatable bonds is 5. The fraction of sp³-hybridized carbons (Fsp3) is 0.684. The van der Waals surface area contributed by atoms with Crippen LogP contribution in [0.4, 0.5) is 0 Å². The first-order valence-corrected chi connectivity index (χ1v) is 8.83. The molecule has 0 aliphatic heterocycles. The Balaban J connectivity index is 1.97. The van der Waals surface area contributed by atoms with Gasteiger partial charge in [-0.2, -0.15) is 0 Å². The second kappa shape index (κ2) is 6.91. The van der Waals surface area contributed by atoms with Crippen molar-refractivity contribution in [3.8, 4) is 11.5 Å². The second-order valence-electron chi connectivity index (χ2n) is 6.91. The Kier molecular flexibility index (Phi) is 4.92. The first-order chi connectivity index (χ1) is 10.8. The third kappa shape index (κ3) is 2.96. The quantitative estimate of drug-likeness (QED) is 0.887. The molecular formula is C19H29NO2. The number of ether oxygens (including phenoxy) is 2. The van der Waals surface area contributed by atoms with Crippen molar-refractivity contribution >= 4 is 0 Å². The number of methoxy groups -OCH3 is 1. The highest BCUT2D eigenvalue weighted by atomic mass is 16.5. The second-order valence-corrected chi connectivity index (χ2v) is 6.91. The van der Waals surface area contributed by atoms with Crippen molar-refractivity contribution in [3.63, 3.8) is 0 Å². The molecule has 1 aromatic rings. The first kappa shape index (κ1) is 15.7. The third-order valence-electron chi connectivity index (χ3n) is 5.56. The molecule has 2 N–H and O–H groups in total. The molecule has 3 rings (SSSR count). The average molecular weight is 303 g/mol.